The fourth-order valence-electron chi connectivity index (χ4n) is 11.1. The molecule has 0 aromatic carbocycles. The van der Waals surface area contributed by atoms with Gasteiger partial charge in [-0.15, -0.1) is 11.8 Å². The Kier molecular flexibility index (Phi) is 52.7. The van der Waals surface area contributed by atoms with Crippen LogP contribution in [0.15, 0.2) is 29.3 Å². The Morgan fingerprint density at radius 3 is 1.76 bits per heavy atom. The largest absolute Gasteiger partial charge is 1.00 e. The van der Waals surface area contributed by atoms with E-state index in [1.165, 1.54) is 77.0 Å². The maximum Gasteiger partial charge on any atom is 1.00 e. The summed E-state index contributed by atoms with van der Waals surface area (Å²) in [6.07, 6.45) is 38.0. The van der Waals surface area contributed by atoms with Gasteiger partial charge in [-0.05, 0) is 109 Å². The third-order valence-electron chi connectivity index (χ3n) is 16.8. The van der Waals surface area contributed by atoms with Crippen LogP contribution in [0.25, 0.3) is 0 Å². The van der Waals surface area contributed by atoms with E-state index in [0.717, 1.165) is 93.7 Å². The number of carbonyl (C=O) groups excluding carboxylic acids is 9. The summed E-state index contributed by atoms with van der Waals surface area (Å²) in [5.41, 5.74) is 16.4. The molecule has 554 valence electrons. The van der Waals surface area contributed by atoms with Gasteiger partial charge in [0.25, 0.3) is 0 Å². The van der Waals surface area contributed by atoms with E-state index in [4.69, 9.17) is 35.7 Å². The second-order valence-corrected chi connectivity index (χ2v) is 28.0. The van der Waals surface area contributed by atoms with Crippen LogP contribution in [0.1, 0.15) is 245 Å². The number of imide groups is 1. The second kappa shape index (κ2) is 56.7. The van der Waals surface area contributed by atoms with Gasteiger partial charge in [-0.1, -0.05) is 141 Å². The normalized spacial score (nSPS) is 17.3. The van der Waals surface area contributed by atoms with E-state index < -0.39 is 129 Å². The number of carbonyl (C=O) groups is 10. The predicted molar refractivity (Wildman–Crippen MR) is 370 cm³/mol. The van der Waals surface area contributed by atoms with Crippen molar-refractivity contribution in [3.05, 3.63) is 24.3 Å². The number of nitrogens with zero attached hydrogens (tertiary/aromatic N) is 2. The van der Waals surface area contributed by atoms with Gasteiger partial charge in [0, 0.05) is 50.6 Å². The Morgan fingerprint density at radius 1 is 0.694 bits per heavy atom. The molecule has 2 aliphatic rings. The first-order valence-electron chi connectivity index (χ1n) is 35.7. The van der Waals surface area contributed by atoms with Gasteiger partial charge in [-0.25, -0.2) is 4.57 Å². The van der Waals surface area contributed by atoms with Crippen molar-refractivity contribution in [1.82, 2.24) is 26.2 Å². The molecule has 98 heavy (non-hydrogen) atoms. The number of guanidine groups is 1. The molecule has 0 spiro atoms. The van der Waals surface area contributed by atoms with Crippen LogP contribution in [-0.2, 0) is 71.0 Å². The number of aliphatic imine (C=N–C) groups is 1. The summed E-state index contributed by atoms with van der Waals surface area (Å²) >= 11 is 0.769. The molecule has 6 amide bonds. The standard InChI is InChI=1S/C68H118N9O18PS.Na/c1-3-5-7-9-11-13-15-17-19-21-23-25-27-29-31-35-61(82)92-48-53(95-62(83)36-32-30-28-26-24-22-20-18-16-14-12-10-8-6-4-2)49-94-96(90,91)93-43-42-72-63(84)52-39-37-51(38-40-52)47-77-59(79)45-57(66(77)87)97-50-56(67(88)89)76-65(86)55(44-60(80)81)75-58(78)46-74-64(85)54(69)34-33-41-73-68(70)71;/h17-20,51-57H,3-16,21-50,69H2,1-2H3,(H,72,84)(H,74,85)(H,75,78)(H,76,86)(H,80,81)(H,88,89)(H,90,91)(H4,70,71,73);/q;+1/p-1/b19-17-,20-18-;/t51?,52?,53-,54+,55+,56+,57?;/m1./s1. The van der Waals surface area contributed by atoms with E-state index in [0.29, 0.717) is 44.9 Å². The number of amides is 6. The van der Waals surface area contributed by atoms with E-state index >= 15 is 0 Å². The molecule has 0 aromatic rings. The quantitative estimate of drug-likeness (QED) is 0.00604. The van der Waals surface area contributed by atoms with Crippen molar-refractivity contribution < 1.29 is 116 Å². The zero-order valence-corrected chi connectivity index (χ0v) is 62.6. The van der Waals surface area contributed by atoms with E-state index in [1.54, 1.807) is 0 Å². The minimum Gasteiger partial charge on any atom is -0.548 e. The van der Waals surface area contributed by atoms with Crippen LogP contribution in [-0.4, -0.2) is 161 Å². The first-order chi connectivity index (χ1) is 46.5. The van der Waals surface area contributed by atoms with Gasteiger partial charge in [-0.2, -0.15) is 0 Å². The fourth-order valence-corrected chi connectivity index (χ4v) is 13.0. The number of phosphoric ester groups is 1. The smallest absolute Gasteiger partial charge is 0.548 e. The van der Waals surface area contributed by atoms with Crippen molar-refractivity contribution in [1.29, 1.82) is 0 Å². The average Bonchev–Trinajstić information content (AvgIpc) is 1.67. The number of carboxylic acids is 2. The molecule has 12 N–H and O–H groups in total. The molecule has 1 aliphatic carbocycles. The molecular weight excluding hydrogens is 1320 g/mol. The zero-order valence-electron chi connectivity index (χ0n) is 58.9. The van der Waals surface area contributed by atoms with Gasteiger partial charge in [0.15, 0.2) is 12.1 Å². The number of phosphoric acid groups is 1. The fraction of sp³-hybridized carbons (Fsp3) is 0.779. The number of nitrogens with one attached hydrogen (secondary N) is 4. The number of hydrogen-bond donors (Lipinski definition) is 9. The van der Waals surface area contributed by atoms with Crippen LogP contribution in [0.2, 0.25) is 0 Å². The topological polar surface area (TPSA) is 430 Å². The summed E-state index contributed by atoms with van der Waals surface area (Å²) in [5.74, 6) is -9.94. The van der Waals surface area contributed by atoms with Gasteiger partial charge in [0.2, 0.25) is 35.4 Å². The van der Waals surface area contributed by atoms with Crippen molar-refractivity contribution in [2.45, 2.75) is 274 Å². The number of ether oxygens (including phenoxy) is 2. The van der Waals surface area contributed by atoms with Gasteiger partial charge in [0.05, 0.1) is 49.5 Å². The predicted octanol–water partition coefficient (Wildman–Crippen LogP) is 4.13. The van der Waals surface area contributed by atoms with Crippen LogP contribution >= 0.6 is 19.6 Å². The number of thioether (sulfide) groups is 1. The van der Waals surface area contributed by atoms with E-state index in [9.17, 15) is 67.6 Å². The number of rotatable bonds is 59. The number of aliphatic carboxylic acids is 2. The van der Waals surface area contributed by atoms with Gasteiger partial charge in [-0.3, -0.25) is 62.1 Å². The number of nitrogens with two attached hydrogens (primary N) is 3. The van der Waals surface area contributed by atoms with E-state index in [1.807, 2.05) is 0 Å². The zero-order chi connectivity index (χ0) is 71.5. The molecule has 27 nitrogen and oxygen atoms in total. The van der Waals surface area contributed by atoms with Crippen molar-refractivity contribution >= 4 is 84.9 Å². The first kappa shape index (κ1) is 91.1. The molecular formula is C68H117N9NaO18PS. The molecule has 2 fully saturated rings. The van der Waals surface area contributed by atoms with Crippen molar-refractivity contribution in [3.63, 3.8) is 0 Å². The van der Waals surface area contributed by atoms with Crippen LogP contribution in [0.4, 0.5) is 0 Å². The number of esters is 2. The summed E-state index contributed by atoms with van der Waals surface area (Å²) in [6, 6.07) is -4.62. The minimum absolute atomic E-state index is 0. The molecule has 2 rings (SSSR count). The Hall–Kier alpha value is -4.93. The van der Waals surface area contributed by atoms with Crippen LogP contribution < -0.4 is 73.1 Å². The van der Waals surface area contributed by atoms with Crippen LogP contribution in [0.5, 0.6) is 0 Å². The molecule has 0 bridgehead atoms. The van der Waals surface area contributed by atoms with Crippen LogP contribution in [0, 0.1) is 11.8 Å². The third-order valence-corrected chi connectivity index (χ3v) is 19.1. The van der Waals surface area contributed by atoms with Crippen molar-refractivity contribution in [3.8, 4) is 0 Å². The number of hydrogen-bond acceptors (Lipinski definition) is 19. The molecule has 0 aromatic heterocycles. The second-order valence-electron chi connectivity index (χ2n) is 25.3. The number of carboxylic acid groups (broad SMARTS) is 2. The van der Waals surface area contributed by atoms with Gasteiger partial charge in [0.1, 0.15) is 12.6 Å². The van der Waals surface area contributed by atoms with E-state index in [-0.39, 0.29) is 99.3 Å². The molecule has 1 heterocycles. The Labute approximate surface area is 607 Å². The maximum absolute atomic E-state index is 13.5. The average molecular weight is 1430 g/mol. The molecule has 1 saturated heterocycles. The van der Waals surface area contributed by atoms with Gasteiger partial charge < -0.3 is 67.8 Å². The van der Waals surface area contributed by atoms with Crippen LogP contribution in [0.3, 0.4) is 0 Å². The Bertz CT molecular complexity index is 2490. The molecule has 0 radical (unpaired) electrons. The first-order valence-corrected chi connectivity index (χ1v) is 38.2. The van der Waals surface area contributed by atoms with E-state index in [2.05, 4.69) is 64.4 Å². The summed E-state index contributed by atoms with van der Waals surface area (Å²) < 4.78 is 34.5. The number of allylic oxidation sites excluding steroid dienone is 4. The summed E-state index contributed by atoms with van der Waals surface area (Å²) in [6.45, 7) is 2.44. The number of likely N-dealkylation sites (tertiary alicyclic amines) is 1. The molecule has 6 atom stereocenters. The summed E-state index contributed by atoms with van der Waals surface area (Å²) in [7, 11) is -4.76. The molecule has 1 aliphatic heterocycles. The summed E-state index contributed by atoms with van der Waals surface area (Å²) in [5, 5.41) is 29.8. The minimum atomic E-state index is -4.76. The Morgan fingerprint density at radius 2 is 1.22 bits per heavy atom. The summed E-state index contributed by atoms with van der Waals surface area (Å²) in [4.78, 5) is 143. The molecule has 2 unspecified atom stereocenters. The monoisotopic (exact) mass is 1430 g/mol. The molecule has 30 heteroatoms. The Balaban J connectivity index is 0.0000480. The molecule has 1 saturated carbocycles. The third kappa shape index (κ3) is 45.8. The SMILES string of the molecule is CCCCCCCC/C=C\CCCCCCCC(=O)OC[C@H](COP(=O)(O)OCCNC(=O)C1CCC(CN2C(=O)CC(SC[C@H](NC(=O)[C@H](CC(=O)O)NC(=O)CNC(=O)[C@@H](N)CCCN=C(N)N)C(=O)[O-])C2=O)CC1)OC(=O)CCCCCCC/C=C\CCCCCCCC.[Na+]. The number of unbranched alkanes of at least 4 members (excludes halogenated alkanes) is 22. The maximum atomic E-state index is 13.5. The van der Waals surface area contributed by atoms with Crippen molar-refractivity contribution in [2.24, 2.45) is 34.0 Å². The van der Waals surface area contributed by atoms with Crippen molar-refractivity contribution in [2.75, 3.05) is 51.8 Å². The van der Waals surface area contributed by atoms with Gasteiger partial charge >= 0.3 is 55.3 Å².